The van der Waals surface area contributed by atoms with Crippen molar-refractivity contribution < 1.29 is 18.3 Å². The van der Waals surface area contributed by atoms with Gasteiger partial charge in [-0.3, -0.25) is 5.32 Å². The van der Waals surface area contributed by atoms with E-state index in [1.165, 1.54) is 24.5 Å². The van der Waals surface area contributed by atoms with Gasteiger partial charge in [0, 0.05) is 5.69 Å². The molecule has 2 rings (SSSR count). The topological polar surface area (TPSA) is 51.5 Å². The van der Waals surface area contributed by atoms with Crippen molar-refractivity contribution in [1.82, 2.24) is 0 Å². The Morgan fingerprint density at radius 2 is 2.24 bits per heavy atom. The highest BCUT2D eigenvalue weighted by Gasteiger charge is 2.05. The van der Waals surface area contributed by atoms with Crippen molar-refractivity contribution in [2.45, 2.75) is 6.61 Å². The lowest BCUT2D eigenvalue weighted by Crippen LogP contribution is -2.13. The van der Waals surface area contributed by atoms with Crippen LogP contribution < -0.4 is 5.32 Å². The molecule has 1 aromatic heterocycles. The van der Waals surface area contributed by atoms with Crippen molar-refractivity contribution in [3.05, 3.63) is 54.2 Å². The third-order valence-electron chi connectivity index (χ3n) is 2.00. The molecule has 0 saturated heterocycles. The van der Waals surface area contributed by atoms with Crippen LogP contribution in [-0.4, -0.2) is 6.09 Å². The van der Waals surface area contributed by atoms with E-state index in [-0.39, 0.29) is 6.61 Å². The zero-order valence-corrected chi connectivity index (χ0v) is 8.85. The summed E-state index contributed by atoms with van der Waals surface area (Å²) in [5.41, 5.74) is 0.342. The largest absolute Gasteiger partial charge is 0.466 e. The quantitative estimate of drug-likeness (QED) is 0.888. The van der Waals surface area contributed by atoms with E-state index < -0.39 is 11.9 Å². The van der Waals surface area contributed by atoms with Crippen LogP contribution in [0.15, 0.2) is 47.1 Å². The van der Waals surface area contributed by atoms with E-state index in [9.17, 15) is 9.18 Å². The fourth-order valence-corrected chi connectivity index (χ4v) is 1.25. The van der Waals surface area contributed by atoms with Crippen LogP contribution in [0.2, 0.25) is 0 Å². The van der Waals surface area contributed by atoms with Gasteiger partial charge in [-0.1, -0.05) is 6.07 Å². The van der Waals surface area contributed by atoms with Crippen LogP contribution in [0.5, 0.6) is 0 Å². The number of furan rings is 1. The van der Waals surface area contributed by atoms with Gasteiger partial charge in [0.1, 0.15) is 11.6 Å². The molecule has 2 aromatic rings. The number of hydrogen-bond donors (Lipinski definition) is 1. The van der Waals surface area contributed by atoms with Crippen LogP contribution in [0.3, 0.4) is 0 Å². The second-order valence-corrected chi connectivity index (χ2v) is 3.29. The first kappa shape index (κ1) is 11.2. The summed E-state index contributed by atoms with van der Waals surface area (Å²) in [4.78, 5) is 11.3. The molecule has 17 heavy (non-hydrogen) atoms. The molecule has 0 saturated carbocycles. The lowest BCUT2D eigenvalue weighted by atomic mass is 10.3. The summed E-state index contributed by atoms with van der Waals surface area (Å²) >= 11 is 0. The van der Waals surface area contributed by atoms with Crippen molar-refractivity contribution >= 4 is 11.8 Å². The molecule has 0 atom stereocenters. The lowest BCUT2D eigenvalue weighted by molar-refractivity contribution is 0.146. The minimum atomic E-state index is -0.660. The summed E-state index contributed by atoms with van der Waals surface area (Å²) in [7, 11) is 0. The predicted molar refractivity (Wildman–Crippen MR) is 58.9 cm³/mol. The molecular formula is C12H10FNO3. The fourth-order valence-electron chi connectivity index (χ4n) is 1.25. The molecular weight excluding hydrogens is 225 g/mol. The van der Waals surface area contributed by atoms with Gasteiger partial charge in [-0.2, -0.15) is 0 Å². The minimum Gasteiger partial charge on any atom is -0.466 e. The maximum absolute atomic E-state index is 12.8. The number of carbonyl (C=O) groups is 1. The molecule has 4 nitrogen and oxygen atoms in total. The number of anilines is 1. The Morgan fingerprint density at radius 1 is 1.35 bits per heavy atom. The Balaban J connectivity index is 1.85. The number of benzene rings is 1. The van der Waals surface area contributed by atoms with Crippen molar-refractivity contribution in [2.24, 2.45) is 0 Å². The Kier molecular flexibility index (Phi) is 3.40. The standard InChI is InChI=1S/C12H10FNO3/c13-9-3-1-4-10(7-9)14-12(15)17-8-11-5-2-6-16-11/h1-7H,8H2,(H,14,15). The molecule has 1 aromatic carbocycles. The average molecular weight is 235 g/mol. The summed E-state index contributed by atoms with van der Waals surface area (Å²) in [5, 5.41) is 2.40. The fraction of sp³-hybridized carbons (Fsp3) is 0.0833. The molecule has 0 radical (unpaired) electrons. The molecule has 88 valence electrons. The molecule has 5 heteroatoms. The number of halogens is 1. The van der Waals surface area contributed by atoms with Crippen molar-refractivity contribution in [3.8, 4) is 0 Å². The summed E-state index contributed by atoms with van der Waals surface area (Å²) < 4.78 is 22.7. The molecule has 0 unspecified atom stereocenters. The van der Waals surface area contributed by atoms with Crippen molar-refractivity contribution in [1.29, 1.82) is 0 Å². The molecule has 0 bridgehead atoms. The van der Waals surface area contributed by atoms with E-state index in [0.29, 0.717) is 11.4 Å². The normalized spacial score (nSPS) is 9.94. The van der Waals surface area contributed by atoms with Gasteiger partial charge in [-0.15, -0.1) is 0 Å². The van der Waals surface area contributed by atoms with Gasteiger partial charge in [0.2, 0.25) is 0 Å². The maximum Gasteiger partial charge on any atom is 0.412 e. The third-order valence-corrected chi connectivity index (χ3v) is 2.00. The number of rotatable bonds is 3. The van der Waals surface area contributed by atoms with Crippen LogP contribution >= 0.6 is 0 Å². The van der Waals surface area contributed by atoms with E-state index in [2.05, 4.69) is 5.32 Å². The van der Waals surface area contributed by atoms with Gasteiger partial charge in [0.25, 0.3) is 0 Å². The van der Waals surface area contributed by atoms with Gasteiger partial charge < -0.3 is 9.15 Å². The van der Waals surface area contributed by atoms with Crippen LogP contribution in [0.25, 0.3) is 0 Å². The Bertz CT molecular complexity index is 496. The summed E-state index contributed by atoms with van der Waals surface area (Å²) in [6, 6.07) is 8.95. The zero-order valence-electron chi connectivity index (χ0n) is 8.85. The van der Waals surface area contributed by atoms with Gasteiger partial charge in [0.05, 0.1) is 6.26 Å². The maximum atomic E-state index is 12.8. The van der Waals surface area contributed by atoms with Gasteiger partial charge in [-0.05, 0) is 30.3 Å². The second-order valence-electron chi connectivity index (χ2n) is 3.29. The first-order valence-electron chi connectivity index (χ1n) is 4.96. The van der Waals surface area contributed by atoms with Crippen molar-refractivity contribution in [3.63, 3.8) is 0 Å². The monoisotopic (exact) mass is 235 g/mol. The van der Waals surface area contributed by atoms with E-state index in [1.807, 2.05) is 0 Å². The Hall–Kier alpha value is -2.30. The number of hydrogen-bond acceptors (Lipinski definition) is 3. The second kappa shape index (κ2) is 5.16. The molecule has 0 aliphatic carbocycles. The van der Waals surface area contributed by atoms with Crippen LogP contribution in [-0.2, 0) is 11.3 Å². The summed E-state index contributed by atoms with van der Waals surface area (Å²) in [6.45, 7) is 0.0359. The molecule has 0 spiro atoms. The van der Waals surface area contributed by atoms with E-state index in [1.54, 1.807) is 18.2 Å². The zero-order chi connectivity index (χ0) is 12.1. The summed E-state index contributed by atoms with van der Waals surface area (Å²) in [5.74, 6) is 0.119. The van der Waals surface area contributed by atoms with Crippen LogP contribution in [0, 0.1) is 5.82 Å². The van der Waals surface area contributed by atoms with Gasteiger partial charge >= 0.3 is 6.09 Å². The van der Waals surface area contributed by atoms with Gasteiger partial charge in [-0.25, -0.2) is 9.18 Å². The highest BCUT2D eigenvalue weighted by atomic mass is 19.1. The highest BCUT2D eigenvalue weighted by Crippen LogP contribution is 2.10. The van der Waals surface area contributed by atoms with Crippen LogP contribution in [0.4, 0.5) is 14.9 Å². The van der Waals surface area contributed by atoms with Gasteiger partial charge in [0.15, 0.2) is 6.61 Å². The smallest absolute Gasteiger partial charge is 0.412 e. The number of ether oxygens (including phenoxy) is 1. The molecule has 0 fully saturated rings. The Labute approximate surface area is 97.0 Å². The van der Waals surface area contributed by atoms with E-state index in [0.717, 1.165) is 0 Å². The van der Waals surface area contributed by atoms with E-state index in [4.69, 9.17) is 9.15 Å². The average Bonchev–Trinajstić information content (AvgIpc) is 2.79. The van der Waals surface area contributed by atoms with Crippen LogP contribution in [0.1, 0.15) is 5.76 Å². The number of nitrogens with one attached hydrogen (secondary N) is 1. The summed E-state index contributed by atoms with van der Waals surface area (Å²) in [6.07, 6.45) is 0.829. The van der Waals surface area contributed by atoms with E-state index >= 15 is 0 Å². The number of amides is 1. The SMILES string of the molecule is O=C(Nc1cccc(F)c1)OCc1ccco1. The lowest BCUT2D eigenvalue weighted by Gasteiger charge is -2.05. The third kappa shape index (κ3) is 3.34. The molecule has 1 heterocycles. The molecule has 1 N–H and O–H groups in total. The molecule has 1 amide bonds. The molecule has 0 aliphatic heterocycles. The predicted octanol–water partition coefficient (Wildman–Crippen LogP) is 3.17. The first-order valence-corrected chi connectivity index (χ1v) is 4.96. The number of carbonyl (C=O) groups excluding carboxylic acids is 1. The van der Waals surface area contributed by atoms with Crippen molar-refractivity contribution in [2.75, 3.05) is 5.32 Å². The first-order chi connectivity index (χ1) is 8.24. The molecule has 0 aliphatic rings. The Morgan fingerprint density at radius 3 is 2.94 bits per heavy atom. The minimum absolute atomic E-state index is 0.0359. The highest BCUT2D eigenvalue weighted by molar-refractivity contribution is 5.84.